The molecule has 0 atom stereocenters. The zero-order valence-corrected chi connectivity index (χ0v) is 16.5. The van der Waals surface area contributed by atoms with E-state index in [4.69, 9.17) is 4.98 Å². The first kappa shape index (κ1) is 18.9. The molecule has 2 aliphatic rings. The van der Waals surface area contributed by atoms with E-state index < -0.39 is 0 Å². The standard InChI is InChI=1S/C20H32N6/c1-4-25(5-2)13-9-22-19-17(14-21)16-8-12-24(3)15-18(16)20(23-19)26-10-6-7-11-26/h4-13,15H2,1-3H3,(H,22,23). The van der Waals surface area contributed by atoms with E-state index in [2.05, 4.69) is 47.0 Å². The molecule has 0 saturated carbocycles. The van der Waals surface area contributed by atoms with Gasteiger partial charge in [0.25, 0.3) is 0 Å². The molecule has 0 bridgehead atoms. The van der Waals surface area contributed by atoms with Crippen molar-refractivity contribution in [1.82, 2.24) is 14.8 Å². The summed E-state index contributed by atoms with van der Waals surface area (Å²) in [6, 6.07) is 2.45. The lowest BCUT2D eigenvalue weighted by atomic mass is 9.95. The summed E-state index contributed by atoms with van der Waals surface area (Å²) in [5.74, 6) is 1.89. The predicted molar refractivity (Wildman–Crippen MR) is 107 cm³/mol. The maximum absolute atomic E-state index is 9.83. The molecule has 0 aromatic carbocycles. The number of nitrogens with one attached hydrogen (secondary N) is 1. The van der Waals surface area contributed by atoms with Crippen molar-refractivity contribution in [3.8, 4) is 6.07 Å². The molecule has 0 amide bonds. The summed E-state index contributed by atoms with van der Waals surface area (Å²) in [7, 11) is 2.15. The number of likely N-dealkylation sites (N-methyl/N-ethyl adjacent to an activating group) is 2. The number of hydrogen-bond acceptors (Lipinski definition) is 6. The molecule has 2 aliphatic heterocycles. The van der Waals surface area contributed by atoms with Crippen LogP contribution in [0.25, 0.3) is 0 Å². The highest BCUT2D eigenvalue weighted by atomic mass is 15.2. The maximum atomic E-state index is 9.83. The Morgan fingerprint density at radius 3 is 2.54 bits per heavy atom. The zero-order chi connectivity index (χ0) is 18.5. The Morgan fingerprint density at radius 2 is 1.88 bits per heavy atom. The van der Waals surface area contributed by atoms with Crippen molar-refractivity contribution >= 4 is 11.6 Å². The molecule has 1 N–H and O–H groups in total. The number of nitrogens with zero attached hydrogens (tertiary/aromatic N) is 5. The molecular formula is C20H32N6. The molecule has 0 radical (unpaired) electrons. The molecule has 1 aromatic rings. The van der Waals surface area contributed by atoms with Crippen LogP contribution in [0.5, 0.6) is 0 Å². The molecule has 3 rings (SSSR count). The summed E-state index contributed by atoms with van der Waals surface area (Å²) < 4.78 is 0. The van der Waals surface area contributed by atoms with Crippen LogP contribution in [0, 0.1) is 11.3 Å². The molecule has 1 saturated heterocycles. The lowest BCUT2D eigenvalue weighted by Crippen LogP contribution is -2.32. The molecule has 142 valence electrons. The van der Waals surface area contributed by atoms with Crippen LogP contribution in [0.3, 0.4) is 0 Å². The summed E-state index contributed by atoms with van der Waals surface area (Å²) in [5.41, 5.74) is 3.25. The molecule has 6 heteroatoms. The second kappa shape index (κ2) is 8.70. The van der Waals surface area contributed by atoms with Gasteiger partial charge in [-0.15, -0.1) is 0 Å². The average Bonchev–Trinajstić information content (AvgIpc) is 3.19. The SMILES string of the molecule is CCN(CC)CCNc1nc(N2CCCC2)c2c(c1C#N)CCN(C)C2. The summed E-state index contributed by atoms with van der Waals surface area (Å²) in [6.07, 6.45) is 3.40. The number of anilines is 2. The summed E-state index contributed by atoms with van der Waals surface area (Å²) in [5, 5.41) is 13.3. The number of hydrogen-bond donors (Lipinski definition) is 1. The third kappa shape index (κ3) is 3.94. The smallest absolute Gasteiger partial charge is 0.146 e. The molecule has 26 heavy (non-hydrogen) atoms. The lowest BCUT2D eigenvalue weighted by molar-refractivity contribution is 0.312. The van der Waals surface area contributed by atoms with Gasteiger partial charge in [-0.3, -0.25) is 0 Å². The van der Waals surface area contributed by atoms with E-state index in [-0.39, 0.29) is 0 Å². The molecule has 0 spiro atoms. The Morgan fingerprint density at radius 1 is 1.15 bits per heavy atom. The maximum Gasteiger partial charge on any atom is 0.146 e. The Balaban J connectivity index is 1.90. The summed E-state index contributed by atoms with van der Waals surface area (Å²) >= 11 is 0. The van der Waals surface area contributed by atoms with Gasteiger partial charge in [-0.05, 0) is 45.0 Å². The minimum Gasteiger partial charge on any atom is -0.368 e. The van der Waals surface area contributed by atoms with Crippen molar-refractivity contribution in [2.75, 3.05) is 63.1 Å². The van der Waals surface area contributed by atoms with Gasteiger partial charge in [0.1, 0.15) is 17.7 Å². The number of fused-ring (bicyclic) bond motifs is 1. The fourth-order valence-corrected chi connectivity index (χ4v) is 4.06. The number of nitriles is 1. The van der Waals surface area contributed by atoms with E-state index in [0.29, 0.717) is 0 Å². The highest BCUT2D eigenvalue weighted by molar-refractivity contribution is 5.67. The monoisotopic (exact) mass is 356 g/mol. The van der Waals surface area contributed by atoms with Crippen LogP contribution >= 0.6 is 0 Å². The average molecular weight is 357 g/mol. The van der Waals surface area contributed by atoms with Crippen LogP contribution in [0.4, 0.5) is 11.6 Å². The van der Waals surface area contributed by atoms with Crippen molar-refractivity contribution in [3.05, 3.63) is 16.7 Å². The number of aromatic nitrogens is 1. The van der Waals surface area contributed by atoms with Gasteiger partial charge in [0.2, 0.25) is 0 Å². The Hall–Kier alpha value is -1.84. The van der Waals surface area contributed by atoms with Gasteiger partial charge in [0, 0.05) is 44.8 Å². The van der Waals surface area contributed by atoms with E-state index in [0.717, 1.165) is 76.0 Å². The van der Waals surface area contributed by atoms with Crippen LogP contribution in [0.1, 0.15) is 43.4 Å². The van der Waals surface area contributed by atoms with E-state index in [1.54, 1.807) is 0 Å². The first-order valence-electron chi connectivity index (χ1n) is 10.0. The largest absolute Gasteiger partial charge is 0.368 e. The Bertz CT molecular complexity index is 655. The van der Waals surface area contributed by atoms with Crippen LogP contribution in [-0.2, 0) is 13.0 Å². The second-order valence-electron chi connectivity index (χ2n) is 7.36. The van der Waals surface area contributed by atoms with Crippen LogP contribution in [0.15, 0.2) is 0 Å². The highest BCUT2D eigenvalue weighted by Gasteiger charge is 2.27. The molecule has 0 unspecified atom stereocenters. The molecule has 3 heterocycles. The van der Waals surface area contributed by atoms with Gasteiger partial charge in [-0.1, -0.05) is 13.8 Å². The van der Waals surface area contributed by atoms with Gasteiger partial charge >= 0.3 is 0 Å². The van der Waals surface area contributed by atoms with Crippen molar-refractivity contribution in [2.24, 2.45) is 0 Å². The third-order valence-electron chi connectivity index (χ3n) is 5.69. The van der Waals surface area contributed by atoms with Crippen molar-refractivity contribution in [1.29, 1.82) is 5.26 Å². The first-order valence-corrected chi connectivity index (χ1v) is 10.0. The quantitative estimate of drug-likeness (QED) is 0.809. The zero-order valence-electron chi connectivity index (χ0n) is 16.5. The molecule has 1 aromatic heterocycles. The Kier molecular flexibility index (Phi) is 6.33. The van der Waals surface area contributed by atoms with Gasteiger partial charge < -0.3 is 20.0 Å². The number of pyridine rings is 1. The predicted octanol–water partition coefficient (Wildman–Crippen LogP) is 2.30. The van der Waals surface area contributed by atoms with Crippen molar-refractivity contribution in [3.63, 3.8) is 0 Å². The Labute approximate surface area is 157 Å². The topological polar surface area (TPSA) is 58.4 Å². The van der Waals surface area contributed by atoms with Crippen LogP contribution < -0.4 is 10.2 Å². The molecule has 1 fully saturated rings. The second-order valence-corrected chi connectivity index (χ2v) is 7.36. The fourth-order valence-electron chi connectivity index (χ4n) is 4.06. The van der Waals surface area contributed by atoms with E-state index in [1.165, 1.54) is 24.0 Å². The van der Waals surface area contributed by atoms with E-state index >= 15 is 0 Å². The van der Waals surface area contributed by atoms with E-state index in [9.17, 15) is 5.26 Å². The normalized spacial score (nSPS) is 17.4. The third-order valence-corrected chi connectivity index (χ3v) is 5.69. The van der Waals surface area contributed by atoms with Crippen LogP contribution in [0.2, 0.25) is 0 Å². The molecular weight excluding hydrogens is 324 g/mol. The van der Waals surface area contributed by atoms with Gasteiger partial charge in [-0.2, -0.15) is 5.26 Å². The van der Waals surface area contributed by atoms with Gasteiger partial charge in [0.15, 0.2) is 0 Å². The van der Waals surface area contributed by atoms with Crippen molar-refractivity contribution < 1.29 is 0 Å². The van der Waals surface area contributed by atoms with Crippen molar-refractivity contribution in [2.45, 2.75) is 39.7 Å². The summed E-state index contributed by atoms with van der Waals surface area (Å²) in [4.78, 5) is 12.1. The minimum atomic E-state index is 0.760. The lowest BCUT2D eigenvalue weighted by Gasteiger charge is -2.31. The highest BCUT2D eigenvalue weighted by Crippen LogP contribution is 2.34. The van der Waals surface area contributed by atoms with E-state index in [1.807, 2.05) is 0 Å². The minimum absolute atomic E-state index is 0.760. The summed E-state index contributed by atoms with van der Waals surface area (Å²) in [6.45, 7) is 12.3. The molecule has 6 nitrogen and oxygen atoms in total. The van der Waals surface area contributed by atoms with Crippen LogP contribution in [-0.4, -0.2) is 67.6 Å². The fraction of sp³-hybridized carbons (Fsp3) is 0.700. The van der Waals surface area contributed by atoms with Gasteiger partial charge in [-0.25, -0.2) is 4.98 Å². The first-order chi connectivity index (χ1) is 12.7. The van der Waals surface area contributed by atoms with Gasteiger partial charge in [0.05, 0.1) is 5.56 Å². The molecule has 0 aliphatic carbocycles. The number of rotatable bonds is 7.